The van der Waals surface area contributed by atoms with E-state index in [0.29, 0.717) is 11.1 Å². The van der Waals surface area contributed by atoms with Gasteiger partial charge in [0.15, 0.2) is 5.71 Å². The van der Waals surface area contributed by atoms with Gasteiger partial charge < -0.3 is 9.57 Å². The Morgan fingerprint density at radius 3 is 2.52 bits per heavy atom. The summed E-state index contributed by atoms with van der Waals surface area (Å²) in [4.78, 5) is 31.4. The second-order valence-electron chi connectivity index (χ2n) is 5.76. The Kier molecular flexibility index (Phi) is 7.24. The maximum Gasteiger partial charge on any atom is 0.416 e. The molecule has 0 atom stereocenters. The topological polar surface area (TPSA) is 77.3 Å². The first kappa shape index (κ1) is 21.8. The summed E-state index contributed by atoms with van der Waals surface area (Å²) in [5.41, 5.74) is 0.314. The largest absolute Gasteiger partial charge is 0.464 e. The molecule has 0 aromatic heterocycles. The van der Waals surface area contributed by atoms with E-state index in [1.165, 1.54) is 19.1 Å². The zero-order valence-corrected chi connectivity index (χ0v) is 15.6. The number of rotatable bonds is 7. The number of halogens is 3. The summed E-state index contributed by atoms with van der Waals surface area (Å²) in [6.45, 7) is 1.40. The summed E-state index contributed by atoms with van der Waals surface area (Å²) in [6, 6.07) is 11.2. The molecule has 0 bridgehead atoms. The summed E-state index contributed by atoms with van der Waals surface area (Å²) in [7, 11) is 1.16. The molecular weight excluding hydrogens is 389 g/mol. The van der Waals surface area contributed by atoms with Crippen LogP contribution in [0.25, 0.3) is 0 Å². The summed E-state index contributed by atoms with van der Waals surface area (Å²) >= 11 is 0. The van der Waals surface area contributed by atoms with Crippen LogP contribution in [0.3, 0.4) is 0 Å². The normalized spacial score (nSPS) is 12.4. The third-order valence-corrected chi connectivity index (χ3v) is 3.86. The SMILES string of the molecule is COC(=O)C(=NC=O)c1ccccc1CO/N=C(/C)c1cccc(C(F)(F)F)c1. The second kappa shape index (κ2) is 9.63. The van der Waals surface area contributed by atoms with Crippen molar-refractivity contribution in [3.8, 4) is 0 Å². The van der Waals surface area contributed by atoms with Crippen molar-refractivity contribution >= 4 is 23.8 Å². The minimum atomic E-state index is -4.46. The van der Waals surface area contributed by atoms with Crippen LogP contribution in [0.15, 0.2) is 58.7 Å². The maximum atomic E-state index is 12.8. The fraction of sp³-hybridized carbons (Fsp3) is 0.200. The Morgan fingerprint density at radius 1 is 1.14 bits per heavy atom. The molecule has 9 heteroatoms. The van der Waals surface area contributed by atoms with E-state index in [1.54, 1.807) is 24.3 Å². The Bertz CT molecular complexity index is 953. The van der Waals surface area contributed by atoms with Gasteiger partial charge in [0.25, 0.3) is 0 Å². The van der Waals surface area contributed by atoms with Crippen molar-refractivity contribution in [3.05, 3.63) is 70.8 Å². The van der Waals surface area contributed by atoms with Crippen molar-refractivity contribution in [1.82, 2.24) is 0 Å². The van der Waals surface area contributed by atoms with E-state index in [-0.39, 0.29) is 30.0 Å². The highest BCUT2D eigenvalue weighted by molar-refractivity contribution is 6.44. The lowest BCUT2D eigenvalue weighted by Crippen LogP contribution is -2.19. The quantitative estimate of drug-likeness (QED) is 0.304. The molecule has 2 aromatic carbocycles. The van der Waals surface area contributed by atoms with Crippen molar-refractivity contribution in [2.24, 2.45) is 10.1 Å². The van der Waals surface area contributed by atoms with E-state index >= 15 is 0 Å². The minimum Gasteiger partial charge on any atom is -0.464 e. The zero-order chi connectivity index (χ0) is 21.4. The number of hydrogen-bond donors (Lipinski definition) is 0. The molecule has 2 aromatic rings. The number of nitrogens with zero attached hydrogens (tertiary/aromatic N) is 2. The van der Waals surface area contributed by atoms with Crippen molar-refractivity contribution in [2.75, 3.05) is 7.11 Å². The van der Waals surface area contributed by atoms with Crippen LogP contribution in [-0.4, -0.2) is 30.9 Å². The standard InChI is InChI=1S/C20H17F3N2O4/c1-13(14-7-5-8-16(10-14)20(21,22)23)25-29-11-15-6-3-4-9-17(15)18(24-12-26)19(27)28-2/h3-10,12H,11H2,1-2H3/b24-18?,25-13-. The molecule has 0 spiro atoms. The van der Waals surface area contributed by atoms with E-state index in [4.69, 9.17) is 4.84 Å². The monoisotopic (exact) mass is 406 g/mol. The molecule has 0 heterocycles. The molecule has 0 radical (unpaired) electrons. The number of carbonyl (C=O) groups excluding carboxylic acids is 2. The average molecular weight is 406 g/mol. The van der Waals surface area contributed by atoms with Crippen LogP contribution in [-0.2, 0) is 31.9 Å². The van der Waals surface area contributed by atoms with Crippen molar-refractivity contribution in [3.63, 3.8) is 0 Å². The van der Waals surface area contributed by atoms with Gasteiger partial charge in [0.1, 0.15) is 6.61 Å². The fourth-order valence-electron chi connectivity index (χ4n) is 2.43. The molecule has 0 unspecified atom stereocenters. The second-order valence-corrected chi connectivity index (χ2v) is 5.76. The van der Waals surface area contributed by atoms with E-state index in [9.17, 15) is 22.8 Å². The van der Waals surface area contributed by atoms with Gasteiger partial charge in [-0.2, -0.15) is 13.2 Å². The first-order valence-electron chi connectivity index (χ1n) is 8.30. The molecule has 0 saturated carbocycles. The van der Waals surface area contributed by atoms with Gasteiger partial charge in [0.2, 0.25) is 6.41 Å². The molecule has 0 aliphatic heterocycles. The summed E-state index contributed by atoms with van der Waals surface area (Å²) in [6.07, 6.45) is -4.24. The van der Waals surface area contributed by atoms with Gasteiger partial charge in [0.05, 0.1) is 18.4 Å². The van der Waals surface area contributed by atoms with Crippen LogP contribution < -0.4 is 0 Å². The maximum absolute atomic E-state index is 12.8. The van der Waals surface area contributed by atoms with E-state index < -0.39 is 17.7 Å². The molecule has 0 saturated heterocycles. The third kappa shape index (κ3) is 5.74. The van der Waals surface area contributed by atoms with Crippen molar-refractivity contribution in [1.29, 1.82) is 0 Å². The van der Waals surface area contributed by atoms with Crippen LogP contribution in [0.2, 0.25) is 0 Å². The number of ether oxygens (including phenoxy) is 1. The third-order valence-electron chi connectivity index (χ3n) is 3.86. The Morgan fingerprint density at radius 2 is 1.86 bits per heavy atom. The van der Waals surface area contributed by atoms with Gasteiger partial charge in [-0.05, 0) is 24.6 Å². The van der Waals surface area contributed by atoms with E-state index in [2.05, 4.69) is 14.9 Å². The molecule has 6 nitrogen and oxygen atoms in total. The number of benzene rings is 2. The van der Waals surface area contributed by atoms with Crippen LogP contribution in [0.4, 0.5) is 13.2 Å². The Hall–Kier alpha value is -3.49. The highest BCUT2D eigenvalue weighted by atomic mass is 19.4. The highest BCUT2D eigenvalue weighted by Gasteiger charge is 2.30. The van der Waals surface area contributed by atoms with Gasteiger partial charge in [-0.3, -0.25) is 4.79 Å². The van der Waals surface area contributed by atoms with Crippen LogP contribution in [0.5, 0.6) is 0 Å². The number of amides is 1. The number of carbonyl (C=O) groups is 2. The first-order chi connectivity index (χ1) is 13.8. The molecule has 152 valence electrons. The van der Waals surface area contributed by atoms with Gasteiger partial charge in [-0.15, -0.1) is 0 Å². The smallest absolute Gasteiger partial charge is 0.416 e. The predicted molar refractivity (Wildman–Crippen MR) is 99.5 cm³/mol. The average Bonchev–Trinajstić information content (AvgIpc) is 2.71. The van der Waals surface area contributed by atoms with Crippen molar-refractivity contribution < 1.29 is 32.3 Å². The number of methoxy groups -OCH3 is 1. The number of hydrogen-bond acceptors (Lipinski definition) is 5. The fourth-order valence-corrected chi connectivity index (χ4v) is 2.43. The number of aliphatic imine (C=N–C) groups is 1. The Labute approximate surface area is 164 Å². The number of oxime groups is 1. The van der Waals surface area contributed by atoms with E-state index in [0.717, 1.165) is 19.2 Å². The molecule has 0 fully saturated rings. The van der Waals surface area contributed by atoms with Gasteiger partial charge >= 0.3 is 12.1 Å². The first-order valence-corrected chi connectivity index (χ1v) is 8.30. The summed E-state index contributed by atoms with van der Waals surface area (Å²) in [5.74, 6) is -0.798. The molecular formula is C20H17F3N2O4. The molecule has 0 aliphatic rings. The summed E-state index contributed by atoms with van der Waals surface area (Å²) < 4.78 is 43.1. The number of esters is 1. The lowest BCUT2D eigenvalue weighted by Gasteiger charge is -2.10. The molecule has 2 rings (SSSR count). The zero-order valence-electron chi connectivity index (χ0n) is 15.6. The number of alkyl halides is 3. The molecule has 1 amide bonds. The molecule has 0 N–H and O–H groups in total. The van der Waals surface area contributed by atoms with Gasteiger partial charge in [-0.25, -0.2) is 9.79 Å². The minimum absolute atomic E-state index is 0.110. The highest BCUT2D eigenvalue weighted by Crippen LogP contribution is 2.29. The van der Waals surface area contributed by atoms with Crippen LogP contribution >= 0.6 is 0 Å². The van der Waals surface area contributed by atoms with Crippen LogP contribution in [0, 0.1) is 0 Å². The Balaban J connectivity index is 2.22. The lowest BCUT2D eigenvalue weighted by atomic mass is 10.0. The predicted octanol–water partition coefficient (Wildman–Crippen LogP) is 3.76. The molecule has 0 aliphatic carbocycles. The van der Waals surface area contributed by atoms with Gasteiger partial charge in [0, 0.05) is 11.1 Å². The lowest BCUT2D eigenvalue weighted by molar-refractivity contribution is -0.137. The van der Waals surface area contributed by atoms with Gasteiger partial charge in [-0.1, -0.05) is 41.6 Å². The van der Waals surface area contributed by atoms with E-state index in [1.807, 2.05) is 0 Å². The molecule has 29 heavy (non-hydrogen) atoms. The summed E-state index contributed by atoms with van der Waals surface area (Å²) in [5, 5.41) is 3.85. The van der Waals surface area contributed by atoms with Crippen molar-refractivity contribution in [2.45, 2.75) is 19.7 Å². The van der Waals surface area contributed by atoms with Crippen LogP contribution in [0.1, 0.15) is 29.2 Å².